The zero-order chi connectivity index (χ0) is 14.5. The number of ether oxygens (including phenoxy) is 5. The van der Waals surface area contributed by atoms with E-state index in [-0.39, 0.29) is 12.6 Å². The smallest absolute Gasteiger partial charge is 0.407 e. The third-order valence-corrected chi connectivity index (χ3v) is 3.42. The molecule has 0 aliphatic carbocycles. The molecule has 0 aromatic heterocycles. The van der Waals surface area contributed by atoms with Gasteiger partial charge in [0.15, 0.2) is 11.9 Å². The van der Waals surface area contributed by atoms with E-state index in [0.717, 1.165) is 0 Å². The van der Waals surface area contributed by atoms with Gasteiger partial charge in [-0.2, -0.15) is 0 Å². The maximum atomic E-state index is 11.1. The molecule has 0 aromatic carbocycles. The average Bonchev–Trinajstić information content (AvgIpc) is 2.94. The Labute approximate surface area is 115 Å². The molecular weight excluding hydrogens is 270 g/mol. The summed E-state index contributed by atoms with van der Waals surface area (Å²) in [5.74, 6) is -1.26. The van der Waals surface area contributed by atoms with Crippen molar-refractivity contribution in [2.45, 2.75) is 57.2 Å². The largest absolute Gasteiger partial charge is 0.447 e. The maximum Gasteiger partial charge on any atom is 0.407 e. The van der Waals surface area contributed by atoms with E-state index in [1.165, 1.54) is 6.92 Å². The molecule has 0 radical (unpaired) electrons. The molecular formula is C12H17NO7. The van der Waals surface area contributed by atoms with Crippen molar-refractivity contribution in [3.05, 3.63) is 0 Å². The van der Waals surface area contributed by atoms with Gasteiger partial charge >= 0.3 is 12.1 Å². The summed E-state index contributed by atoms with van der Waals surface area (Å²) >= 11 is 0. The Morgan fingerprint density at radius 2 is 2.00 bits per heavy atom. The number of nitrogens with one attached hydrogen (secondary N) is 1. The van der Waals surface area contributed by atoms with Crippen LogP contribution in [0.15, 0.2) is 0 Å². The van der Waals surface area contributed by atoms with Crippen LogP contribution in [-0.4, -0.2) is 55.1 Å². The molecule has 0 saturated carbocycles. The summed E-state index contributed by atoms with van der Waals surface area (Å²) in [6.45, 7) is 5.03. The summed E-state index contributed by atoms with van der Waals surface area (Å²) in [6, 6.07) is -0.354. The number of fused-ring (bicyclic) bond motifs is 1. The van der Waals surface area contributed by atoms with Crippen LogP contribution in [0.4, 0.5) is 4.79 Å². The highest BCUT2D eigenvalue weighted by Gasteiger charge is 2.59. The van der Waals surface area contributed by atoms with Gasteiger partial charge in [-0.3, -0.25) is 4.79 Å². The Balaban J connectivity index is 1.78. The third-order valence-electron chi connectivity index (χ3n) is 3.42. The van der Waals surface area contributed by atoms with Gasteiger partial charge < -0.3 is 29.0 Å². The fourth-order valence-corrected chi connectivity index (χ4v) is 2.75. The molecule has 0 unspecified atom stereocenters. The lowest BCUT2D eigenvalue weighted by Gasteiger charge is -2.25. The Kier molecular flexibility index (Phi) is 3.11. The number of rotatable bonds is 2. The van der Waals surface area contributed by atoms with E-state index in [9.17, 15) is 9.59 Å². The Morgan fingerprint density at radius 3 is 2.60 bits per heavy atom. The maximum absolute atomic E-state index is 11.1. The first-order valence-corrected chi connectivity index (χ1v) is 6.47. The summed E-state index contributed by atoms with van der Waals surface area (Å²) in [4.78, 5) is 22.3. The van der Waals surface area contributed by atoms with Crippen LogP contribution >= 0.6 is 0 Å². The van der Waals surface area contributed by atoms with E-state index < -0.39 is 42.5 Å². The van der Waals surface area contributed by atoms with Gasteiger partial charge in [0, 0.05) is 6.92 Å². The number of cyclic esters (lactones) is 1. The molecule has 3 aliphatic rings. The van der Waals surface area contributed by atoms with Crippen LogP contribution in [0, 0.1) is 0 Å². The molecule has 3 saturated heterocycles. The Bertz CT molecular complexity index is 438. The highest BCUT2D eigenvalue weighted by Crippen LogP contribution is 2.40. The second-order valence-electron chi connectivity index (χ2n) is 5.49. The minimum absolute atomic E-state index is 0.184. The van der Waals surface area contributed by atoms with Gasteiger partial charge in [-0.1, -0.05) is 0 Å². The van der Waals surface area contributed by atoms with Gasteiger partial charge in [-0.15, -0.1) is 0 Å². The lowest BCUT2D eigenvalue weighted by atomic mass is 10.1. The summed E-state index contributed by atoms with van der Waals surface area (Å²) < 4.78 is 27.2. The molecule has 8 heteroatoms. The quantitative estimate of drug-likeness (QED) is 0.709. The van der Waals surface area contributed by atoms with Gasteiger partial charge in [0.25, 0.3) is 0 Å². The van der Waals surface area contributed by atoms with Crippen molar-refractivity contribution in [2.75, 3.05) is 6.61 Å². The van der Waals surface area contributed by atoms with Crippen LogP contribution in [0.25, 0.3) is 0 Å². The van der Waals surface area contributed by atoms with E-state index in [1.54, 1.807) is 13.8 Å². The molecule has 5 atom stereocenters. The zero-order valence-electron chi connectivity index (χ0n) is 11.5. The van der Waals surface area contributed by atoms with Crippen molar-refractivity contribution >= 4 is 12.1 Å². The molecule has 1 N–H and O–H groups in total. The van der Waals surface area contributed by atoms with Gasteiger partial charge in [0.05, 0.1) is 6.04 Å². The van der Waals surface area contributed by atoms with Crippen LogP contribution in [0.1, 0.15) is 20.8 Å². The van der Waals surface area contributed by atoms with Crippen LogP contribution in [0.3, 0.4) is 0 Å². The van der Waals surface area contributed by atoms with Crippen molar-refractivity contribution in [3.63, 3.8) is 0 Å². The molecule has 1 amide bonds. The third kappa shape index (κ3) is 2.34. The Hall–Kier alpha value is -1.38. The van der Waals surface area contributed by atoms with E-state index in [1.807, 2.05) is 0 Å². The number of amides is 1. The molecule has 20 heavy (non-hydrogen) atoms. The minimum Gasteiger partial charge on any atom is -0.447 e. The highest BCUT2D eigenvalue weighted by atomic mass is 16.8. The predicted molar refractivity (Wildman–Crippen MR) is 62.5 cm³/mol. The number of carbonyl (C=O) groups is 2. The topological polar surface area (TPSA) is 92.3 Å². The summed E-state index contributed by atoms with van der Waals surface area (Å²) in [6.07, 6.45) is -2.78. The first-order valence-electron chi connectivity index (χ1n) is 6.47. The fourth-order valence-electron chi connectivity index (χ4n) is 2.75. The molecule has 0 aromatic rings. The summed E-state index contributed by atoms with van der Waals surface area (Å²) in [7, 11) is 0. The standard InChI is InChI=1S/C12H17NO7/c1-5(14)17-10-9-8(19-12(2,3)20-9)7(18-10)6-4-16-11(15)13-6/h6-10H,4H2,1-3H3,(H,13,15)/t6-,7-,8+,9+,10+/m1/s1. The SMILES string of the molecule is CC(=O)O[C@H]1O[C@H]([C@H]2COC(=O)N2)[C@@H]2OC(C)(C)O[C@H]12. The van der Waals surface area contributed by atoms with Crippen molar-refractivity contribution in [2.24, 2.45) is 0 Å². The number of alkyl carbamates (subject to hydrolysis) is 1. The second kappa shape index (κ2) is 4.57. The molecule has 0 bridgehead atoms. The van der Waals surface area contributed by atoms with Gasteiger partial charge in [-0.05, 0) is 13.8 Å². The number of hydrogen-bond acceptors (Lipinski definition) is 7. The lowest BCUT2D eigenvalue weighted by Crippen LogP contribution is -2.45. The Morgan fingerprint density at radius 1 is 1.30 bits per heavy atom. The molecule has 0 spiro atoms. The van der Waals surface area contributed by atoms with Crippen LogP contribution in [-0.2, 0) is 28.5 Å². The number of hydrogen-bond donors (Lipinski definition) is 1. The molecule has 3 aliphatic heterocycles. The van der Waals surface area contributed by atoms with Crippen molar-refractivity contribution < 1.29 is 33.3 Å². The molecule has 3 heterocycles. The van der Waals surface area contributed by atoms with Crippen LogP contribution in [0.2, 0.25) is 0 Å². The summed E-state index contributed by atoms with van der Waals surface area (Å²) in [5, 5.41) is 2.65. The zero-order valence-corrected chi connectivity index (χ0v) is 11.5. The van der Waals surface area contributed by atoms with Crippen molar-refractivity contribution in [1.29, 1.82) is 0 Å². The lowest BCUT2D eigenvalue weighted by molar-refractivity contribution is -0.233. The molecule has 3 fully saturated rings. The fraction of sp³-hybridized carbons (Fsp3) is 0.833. The van der Waals surface area contributed by atoms with E-state index >= 15 is 0 Å². The van der Waals surface area contributed by atoms with E-state index in [4.69, 9.17) is 23.7 Å². The molecule has 8 nitrogen and oxygen atoms in total. The minimum atomic E-state index is -0.846. The highest BCUT2D eigenvalue weighted by molar-refractivity contribution is 5.69. The monoisotopic (exact) mass is 287 g/mol. The molecule has 3 rings (SSSR count). The van der Waals surface area contributed by atoms with E-state index in [0.29, 0.717) is 0 Å². The van der Waals surface area contributed by atoms with Gasteiger partial charge in [-0.25, -0.2) is 4.79 Å². The van der Waals surface area contributed by atoms with Crippen LogP contribution in [0.5, 0.6) is 0 Å². The first kappa shape index (κ1) is 13.6. The molecule has 112 valence electrons. The number of carbonyl (C=O) groups excluding carboxylic acids is 2. The first-order chi connectivity index (χ1) is 9.35. The van der Waals surface area contributed by atoms with Gasteiger partial charge in [0.2, 0.25) is 6.29 Å². The van der Waals surface area contributed by atoms with Crippen molar-refractivity contribution in [3.8, 4) is 0 Å². The average molecular weight is 287 g/mol. The number of esters is 1. The van der Waals surface area contributed by atoms with Crippen LogP contribution < -0.4 is 5.32 Å². The van der Waals surface area contributed by atoms with E-state index in [2.05, 4.69) is 5.32 Å². The van der Waals surface area contributed by atoms with Crippen molar-refractivity contribution in [1.82, 2.24) is 5.32 Å². The predicted octanol–water partition coefficient (Wildman–Crippen LogP) is -0.0971. The normalized spacial score (nSPS) is 42.0. The second-order valence-corrected chi connectivity index (χ2v) is 5.49. The summed E-state index contributed by atoms with van der Waals surface area (Å²) in [5.41, 5.74) is 0. The van der Waals surface area contributed by atoms with Gasteiger partial charge in [0.1, 0.15) is 18.8 Å².